The highest BCUT2D eigenvalue weighted by Crippen LogP contribution is 2.33. The quantitative estimate of drug-likeness (QED) is 0.628. The second kappa shape index (κ2) is 6.01. The van der Waals surface area contributed by atoms with Gasteiger partial charge in [0, 0.05) is 6.54 Å². The van der Waals surface area contributed by atoms with Gasteiger partial charge in [-0.1, -0.05) is 35.4 Å². The van der Waals surface area contributed by atoms with Gasteiger partial charge in [-0.15, -0.1) is 0 Å². The number of H-pyrrole nitrogens is 1. The van der Waals surface area contributed by atoms with Crippen LogP contribution in [0, 0.1) is 13.8 Å². The minimum atomic E-state index is -0.298. The number of hydrogen-bond donors (Lipinski definition) is 3. The van der Waals surface area contributed by atoms with Crippen molar-refractivity contribution in [2.45, 2.75) is 38.9 Å². The molecule has 25 heavy (non-hydrogen) atoms. The fourth-order valence-electron chi connectivity index (χ4n) is 3.35. The van der Waals surface area contributed by atoms with Crippen LogP contribution < -0.4 is 10.6 Å². The molecule has 3 N–H and O–H groups in total. The summed E-state index contributed by atoms with van der Waals surface area (Å²) in [5.74, 6) is -0.0804. The Morgan fingerprint density at radius 3 is 2.68 bits per heavy atom. The van der Waals surface area contributed by atoms with Crippen LogP contribution in [-0.4, -0.2) is 21.5 Å². The van der Waals surface area contributed by atoms with Gasteiger partial charge in [0.1, 0.15) is 5.52 Å². The largest absolute Gasteiger partial charge is 0.345 e. The summed E-state index contributed by atoms with van der Waals surface area (Å²) >= 11 is 0. The number of aromatic nitrogens is 2. The average Bonchev–Trinajstić information content (AvgIpc) is 3.15. The first-order valence-electron chi connectivity index (χ1n) is 8.61. The summed E-state index contributed by atoms with van der Waals surface area (Å²) in [6.07, 6.45) is 3.51. The minimum Gasteiger partial charge on any atom is -0.345 e. The molecule has 0 bridgehead atoms. The lowest BCUT2D eigenvalue weighted by Gasteiger charge is -2.20. The Labute approximate surface area is 146 Å². The second-order valence-corrected chi connectivity index (χ2v) is 6.99. The lowest BCUT2D eigenvalue weighted by molar-refractivity contribution is 0.0923. The first-order chi connectivity index (χ1) is 12.0. The van der Waals surface area contributed by atoms with E-state index in [4.69, 9.17) is 0 Å². The van der Waals surface area contributed by atoms with Gasteiger partial charge < -0.3 is 10.3 Å². The predicted molar refractivity (Wildman–Crippen MR) is 98.3 cm³/mol. The highest BCUT2D eigenvalue weighted by atomic mass is 16.2. The highest BCUT2D eigenvalue weighted by Gasteiger charge is 2.43. The maximum Gasteiger partial charge on any atom is 0.254 e. The van der Waals surface area contributed by atoms with Crippen molar-refractivity contribution < 1.29 is 4.79 Å². The van der Waals surface area contributed by atoms with E-state index in [-0.39, 0.29) is 11.6 Å². The summed E-state index contributed by atoms with van der Waals surface area (Å²) in [7, 11) is 0. The molecule has 0 aliphatic heterocycles. The predicted octanol–water partition coefficient (Wildman–Crippen LogP) is 3.19. The summed E-state index contributed by atoms with van der Waals surface area (Å²) in [5.41, 5.74) is 5.66. The van der Waals surface area contributed by atoms with Crippen LogP contribution in [0.5, 0.6) is 0 Å². The van der Waals surface area contributed by atoms with Crippen LogP contribution in [0.25, 0.3) is 11.0 Å². The molecule has 1 amide bonds. The van der Waals surface area contributed by atoms with Gasteiger partial charge in [0.2, 0.25) is 0 Å². The average molecular weight is 334 g/mol. The van der Waals surface area contributed by atoms with E-state index < -0.39 is 0 Å². The van der Waals surface area contributed by atoms with Crippen molar-refractivity contribution in [1.82, 2.24) is 20.6 Å². The molecule has 1 fully saturated rings. The van der Waals surface area contributed by atoms with Crippen molar-refractivity contribution in [1.29, 1.82) is 0 Å². The SMILES string of the molecule is Cc1cc(C)cc(CNC2(NC(=O)c3cccc4[nH]cnc34)CC2)c1. The maximum atomic E-state index is 12.7. The third kappa shape index (κ3) is 3.28. The van der Waals surface area contributed by atoms with E-state index in [2.05, 4.69) is 52.6 Å². The minimum absolute atomic E-state index is 0.0804. The molecule has 1 aromatic heterocycles. The van der Waals surface area contributed by atoms with Crippen molar-refractivity contribution in [2.24, 2.45) is 0 Å². The Bertz CT molecular complexity index is 920. The van der Waals surface area contributed by atoms with Crippen LogP contribution >= 0.6 is 0 Å². The second-order valence-electron chi connectivity index (χ2n) is 6.99. The smallest absolute Gasteiger partial charge is 0.254 e. The molecule has 1 aliphatic carbocycles. The molecule has 1 aliphatic rings. The van der Waals surface area contributed by atoms with Crippen LogP contribution in [0.2, 0.25) is 0 Å². The Balaban J connectivity index is 1.46. The Hall–Kier alpha value is -2.66. The Morgan fingerprint density at radius 1 is 1.20 bits per heavy atom. The zero-order chi connectivity index (χ0) is 17.4. The summed E-state index contributed by atoms with van der Waals surface area (Å²) in [6.45, 7) is 4.96. The number of carbonyl (C=O) groups is 1. The number of hydrogen-bond acceptors (Lipinski definition) is 3. The summed E-state index contributed by atoms with van der Waals surface area (Å²) < 4.78 is 0. The normalized spacial score (nSPS) is 15.3. The van der Waals surface area contributed by atoms with Crippen molar-refractivity contribution >= 4 is 16.9 Å². The van der Waals surface area contributed by atoms with E-state index in [9.17, 15) is 4.79 Å². The fraction of sp³-hybridized carbons (Fsp3) is 0.300. The van der Waals surface area contributed by atoms with Gasteiger partial charge in [0.25, 0.3) is 5.91 Å². The number of carbonyl (C=O) groups excluding carboxylic acids is 1. The van der Waals surface area contributed by atoms with Gasteiger partial charge in [-0.3, -0.25) is 10.1 Å². The summed E-state index contributed by atoms with van der Waals surface area (Å²) in [4.78, 5) is 20.0. The van der Waals surface area contributed by atoms with Crippen molar-refractivity contribution in [2.75, 3.05) is 0 Å². The molecule has 3 aromatic rings. The first kappa shape index (κ1) is 15.8. The molecular weight excluding hydrogens is 312 g/mol. The lowest BCUT2D eigenvalue weighted by atomic mass is 10.1. The number of aromatic amines is 1. The molecule has 5 heteroatoms. The molecule has 0 saturated heterocycles. The molecular formula is C20H22N4O. The van der Waals surface area contributed by atoms with Gasteiger partial charge >= 0.3 is 0 Å². The molecule has 1 saturated carbocycles. The zero-order valence-electron chi connectivity index (χ0n) is 14.5. The number of aryl methyl sites for hydroxylation is 2. The van der Waals surface area contributed by atoms with Gasteiger partial charge in [0.05, 0.1) is 23.1 Å². The molecule has 5 nitrogen and oxygen atoms in total. The van der Waals surface area contributed by atoms with Crippen LogP contribution in [0.1, 0.15) is 39.9 Å². The zero-order valence-corrected chi connectivity index (χ0v) is 14.5. The lowest BCUT2D eigenvalue weighted by Crippen LogP contribution is -2.47. The van der Waals surface area contributed by atoms with Crippen LogP contribution in [0.4, 0.5) is 0 Å². The van der Waals surface area contributed by atoms with Gasteiger partial charge in [-0.2, -0.15) is 0 Å². The van der Waals surface area contributed by atoms with Crippen molar-refractivity contribution in [3.8, 4) is 0 Å². The standard InChI is InChI=1S/C20H22N4O/c1-13-8-14(2)10-15(9-13)11-23-20(6-7-20)24-19(25)16-4-3-5-17-18(16)22-12-21-17/h3-5,8-10,12,23H,6-7,11H2,1-2H3,(H,21,22)(H,24,25). The van der Waals surface area contributed by atoms with Crippen molar-refractivity contribution in [3.63, 3.8) is 0 Å². The molecule has 4 rings (SSSR count). The number of rotatable bonds is 5. The summed E-state index contributed by atoms with van der Waals surface area (Å²) in [5, 5.41) is 6.68. The third-order valence-corrected chi connectivity index (χ3v) is 4.71. The van der Waals surface area contributed by atoms with Gasteiger partial charge in [-0.25, -0.2) is 4.98 Å². The Kier molecular flexibility index (Phi) is 3.81. The van der Waals surface area contributed by atoms with Gasteiger partial charge in [-0.05, 0) is 44.4 Å². The Morgan fingerprint density at radius 2 is 1.96 bits per heavy atom. The van der Waals surface area contributed by atoms with Crippen molar-refractivity contribution in [3.05, 3.63) is 65.0 Å². The number of para-hydroxylation sites is 1. The van der Waals surface area contributed by atoms with Gasteiger partial charge in [0.15, 0.2) is 0 Å². The van der Waals surface area contributed by atoms with Crippen LogP contribution in [0.3, 0.4) is 0 Å². The van der Waals surface area contributed by atoms with E-state index in [1.54, 1.807) is 6.33 Å². The molecule has 0 atom stereocenters. The number of imidazole rings is 1. The fourth-order valence-corrected chi connectivity index (χ4v) is 3.35. The molecule has 128 valence electrons. The molecule has 2 aromatic carbocycles. The van der Waals surface area contributed by atoms with E-state index in [1.165, 1.54) is 16.7 Å². The van der Waals surface area contributed by atoms with Crippen LogP contribution in [-0.2, 0) is 6.54 Å². The number of amides is 1. The summed E-state index contributed by atoms with van der Waals surface area (Å²) in [6, 6.07) is 12.1. The highest BCUT2D eigenvalue weighted by molar-refractivity contribution is 6.05. The van der Waals surface area contributed by atoms with E-state index >= 15 is 0 Å². The molecule has 0 radical (unpaired) electrons. The maximum absolute atomic E-state index is 12.7. The first-order valence-corrected chi connectivity index (χ1v) is 8.61. The molecule has 1 heterocycles. The molecule has 0 spiro atoms. The third-order valence-electron chi connectivity index (χ3n) is 4.71. The van der Waals surface area contributed by atoms with E-state index in [0.29, 0.717) is 11.1 Å². The van der Waals surface area contributed by atoms with Crippen LogP contribution in [0.15, 0.2) is 42.7 Å². The number of nitrogens with one attached hydrogen (secondary N) is 3. The number of nitrogens with zero attached hydrogens (tertiary/aromatic N) is 1. The van der Waals surface area contributed by atoms with E-state index in [1.807, 2.05) is 18.2 Å². The van der Waals surface area contributed by atoms with E-state index in [0.717, 1.165) is 24.9 Å². The monoisotopic (exact) mass is 334 g/mol. The topological polar surface area (TPSA) is 69.8 Å². The molecule has 0 unspecified atom stereocenters. The number of fused-ring (bicyclic) bond motifs is 1. The number of benzene rings is 2.